The quantitative estimate of drug-likeness (QED) is 0.321. The Morgan fingerprint density at radius 1 is 1.18 bits per heavy atom. The van der Waals surface area contributed by atoms with Crippen LogP contribution in [0.1, 0.15) is 25.7 Å². The second-order valence-corrected chi connectivity index (χ2v) is 4.53. The minimum atomic E-state index is -0.677. The number of benzene rings is 1. The molecule has 0 saturated heterocycles. The Hall–Kier alpha value is -2.71. The van der Waals surface area contributed by atoms with Crippen molar-refractivity contribution in [1.29, 1.82) is 0 Å². The van der Waals surface area contributed by atoms with Crippen LogP contribution < -0.4 is 5.32 Å². The highest BCUT2D eigenvalue weighted by atomic mass is 16.6. The molecule has 0 amide bonds. The molecule has 0 aromatic heterocycles. The summed E-state index contributed by atoms with van der Waals surface area (Å²) in [5.74, 6) is -0.265. The first kappa shape index (κ1) is 17.3. The number of hydrogen-bond acceptors (Lipinski definition) is 7. The van der Waals surface area contributed by atoms with E-state index in [1.165, 1.54) is 19.2 Å². The van der Waals surface area contributed by atoms with Gasteiger partial charge in [-0.3, -0.25) is 25.0 Å². The zero-order chi connectivity index (χ0) is 16.5. The van der Waals surface area contributed by atoms with Gasteiger partial charge in [-0.05, 0) is 18.9 Å². The van der Waals surface area contributed by atoms with Crippen LogP contribution in [0.4, 0.5) is 17.1 Å². The number of hydrogen-bond donors (Lipinski definition) is 1. The number of non-ortho nitro benzene ring substituents is 1. The number of nitrogens with one attached hydrogen (secondary N) is 1. The summed E-state index contributed by atoms with van der Waals surface area (Å²) in [5.41, 5.74) is -0.414. The number of anilines is 1. The molecule has 0 saturated carbocycles. The van der Waals surface area contributed by atoms with E-state index in [0.717, 1.165) is 12.5 Å². The lowest BCUT2D eigenvalue weighted by Gasteiger charge is -2.07. The molecule has 0 bridgehead atoms. The molecule has 9 heteroatoms. The van der Waals surface area contributed by atoms with Gasteiger partial charge in [-0.25, -0.2) is 0 Å². The summed E-state index contributed by atoms with van der Waals surface area (Å²) in [4.78, 5) is 31.1. The number of carbonyl (C=O) groups excluding carboxylic acids is 1. The number of carbonyl (C=O) groups is 1. The summed E-state index contributed by atoms with van der Waals surface area (Å²) in [6, 6.07) is 3.47. The average molecular weight is 311 g/mol. The average Bonchev–Trinajstić information content (AvgIpc) is 2.50. The van der Waals surface area contributed by atoms with Gasteiger partial charge in [0.05, 0.1) is 23.0 Å². The lowest BCUT2D eigenvalue weighted by molar-refractivity contribution is -0.393. The molecule has 22 heavy (non-hydrogen) atoms. The smallest absolute Gasteiger partial charge is 0.305 e. The third-order valence-electron chi connectivity index (χ3n) is 2.99. The molecule has 0 heterocycles. The molecule has 0 aliphatic heterocycles. The highest BCUT2D eigenvalue weighted by Gasteiger charge is 2.18. The van der Waals surface area contributed by atoms with Gasteiger partial charge >= 0.3 is 5.97 Å². The lowest BCUT2D eigenvalue weighted by Crippen LogP contribution is -2.05. The van der Waals surface area contributed by atoms with Gasteiger partial charge in [-0.1, -0.05) is 6.42 Å². The summed E-state index contributed by atoms with van der Waals surface area (Å²) in [5, 5.41) is 24.4. The van der Waals surface area contributed by atoms with Gasteiger partial charge in [0.15, 0.2) is 0 Å². The summed E-state index contributed by atoms with van der Waals surface area (Å²) in [6.07, 6.45) is 2.50. The Morgan fingerprint density at radius 2 is 1.91 bits per heavy atom. The number of rotatable bonds is 9. The van der Waals surface area contributed by atoms with Crippen molar-refractivity contribution in [2.24, 2.45) is 0 Å². The van der Waals surface area contributed by atoms with Crippen LogP contribution in [0.2, 0.25) is 0 Å². The van der Waals surface area contributed by atoms with Gasteiger partial charge in [-0.2, -0.15) is 0 Å². The Balaban J connectivity index is 2.50. The van der Waals surface area contributed by atoms with Crippen LogP contribution in [0.15, 0.2) is 18.2 Å². The molecule has 1 N–H and O–H groups in total. The van der Waals surface area contributed by atoms with Crippen molar-refractivity contribution in [3.05, 3.63) is 38.4 Å². The van der Waals surface area contributed by atoms with E-state index in [4.69, 9.17) is 0 Å². The van der Waals surface area contributed by atoms with Crippen LogP contribution in [0.5, 0.6) is 0 Å². The number of ether oxygens (including phenoxy) is 1. The number of esters is 1. The second-order valence-electron chi connectivity index (χ2n) is 4.53. The minimum absolute atomic E-state index is 0.239. The first-order valence-corrected chi connectivity index (χ1v) is 6.69. The molecule has 1 aromatic carbocycles. The van der Waals surface area contributed by atoms with Crippen LogP contribution in [0.3, 0.4) is 0 Å². The molecule has 1 aromatic rings. The number of nitrogens with zero attached hydrogens (tertiary/aromatic N) is 2. The van der Waals surface area contributed by atoms with E-state index in [9.17, 15) is 25.0 Å². The van der Waals surface area contributed by atoms with Crippen molar-refractivity contribution in [1.82, 2.24) is 0 Å². The van der Waals surface area contributed by atoms with Crippen molar-refractivity contribution in [3.8, 4) is 0 Å². The Labute approximate surface area is 126 Å². The molecule has 9 nitrogen and oxygen atoms in total. The maximum absolute atomic E-state index is 10.9. The number of nitro groups is 2. The van der Waals surface area contributed by atoms with Gasteiger partial charge in [0, 0.05) is 19.0 Å². The Morgan fingerprint density at radius 3 is 2.50 bits per heavy atom. The predicted molar refractivity (Wildman–Crippen MR) is 78.7 cm³/mol. The molecular weight excluding hydrogens is 294 g/mol. The minimum Gasteiger partial charge on any atom is -0.469 e. The summed E-state index contributed by atoms with van der Waals surface area (Å²) in [7, 11) is 1.33. The zero-order valence-corrected chi connectivity index (χ0v) is 12.1. The molecule has 0 atom stereocenters. The van der Waals surface area contributed by atoms with Crippen LogP contribution >= 0.6 is 0 Å². The largest absolute Gasteiger partial charge is 0.469 e. The van der Waals surface area contributed by atoms with Crippen molar-refractivity contribution in [2.45, 2.75) is 25.7 Å². The van der Waals surface area contributed by atoms with E-state index in [2.05, 4.69) is 10.1 Å². The number of unbranched alkanes of at least 4 members (excludes halogenated alkanes) is 2. The SMILES string of the molecule is COC(=O)CCCCCNc1ccc([N+](=O)[O-])cc1[N+](=O)[O-]. The van der Waals surface area contributed by atoms with Gasteiger partial charge < -0.3 is 10.1 Å². The highest BCUT2D eigenvalue weighted by Crippen LogP contribution is 2.28. The topological polar surface area (TPSA) is 125 Å². The molecule has 0 spiro atoms. The van der Waals surface area contributed by atoms with Crippen molar-refractivity contribution < 1.29 is 19.4 Å². The van der Waals surface area contributed by atoms with Crippen molar-refractivity contribution >= 4 is 23.0 Å². The van der Waals surface area contributed by atoms with E-state index in [1.54, 1.807) is 0 Å². The van der Waals surface area contributed by atoms with E-state index in [-0.39, 0.29) is 23.0 Å². The van der Waals surface area contributed by atoms with Gasteiger partial charge in [-0.15, -0.1) is 0 Å². The van der Waals surface area contributed by atoms with Gasteiger partial charge in [0.25, 0.3) is 11.4 Å². The Kier molecular flexibility index (Phi) is 6.74. The fourth-order valence-electron chi connectivity index (χ4n) is 1.83. The van der Waals surface area contributed by atoms with E-state index < -0.39 is 9.85 Å². The fourth-order valence-corrected chi connectivity index (χ4v) is 1.83. The lowest BCUT2D eigenvalue weighted by atomic mass is 10.2. The highest BCUT2D eigenvalue weighted by molar-refractivity contribution is 5.69. The van der Waals surface area contributed by atoms with Crippen LogP contribution in [0.25, 0.3) is 0 Å². The third-order valence-corrected chi connectivity index (χ3v) is 2.99. The molecule has 0 aliphatic rings. The van der Waals surface area contributed by atoms with Crippen LogP contribution in [0, 0.1) is 20.2 Å². The number of nitro benzene ring substituents is 2. The van der Waals surface area contributed by atoms with Crippen LogP contribution in [-0.2, 0) is 9.53 Å². The van der Waals surface area contributed by atoms with Crippen molar-refractivity contribution in [3.63, 3.8) is 0 Å². The molecule has 0 radical (unpaired) electrons. The second kappa shape index (κ2) is 8.55. The maximum atomic E-state index is 10.9. The summed E-state index contributed by atoms with van der Waals surface area (Å²) >= 11 is 0. The first-order valence-electron chi connectivity index (χ1n) is 6.69. The molecule has 1 rings (SSSR count). The standard InChI is InChI=1S/C13H17N3O6/c1-22-13(17)5-3-2-4-8-14-11-7-6-10(15(18)19)9-12(11)16(20)21/h6-7,9,14H,2-5,8H2,1H3. The molecule has 0 fully saturated rings. The normalized spacial score (nSPS) is 10.0. The van der Waals surface area contributed by atoms with Crippen molar-refractivity contribution in [2.75, 3.05) is 19.0 Å². The van der Waals surface area contributed by atoms with Gasteiger partial charge in [0.1, 0.15) is 5.69 Å². The molecule has 0 unspecified atom stereocenters. The third kappa shape index (κ3) is 5.35. The van der Waals surface area contributed by atoms with Gasteiger partial charge in [0.2, 0.25) is 0 Å². The van der Waals surface area contributed by atoms with Crippen LogP contribution in [-0.4, -0.2) is 29.5 Å². The van der Waals surface area contributed by atoms with E-state index >= 15 is 0 Å². The predicted octanol–water partition coefficient (Wildman–Crippen LogP) is 2.65. The van der Waals surface area contributed by atoms with E-state index in [1.807, 2.05) is 0 Å². The maximum Gasteiger partial charge on any atom is 0.305 e. The number of methoxy groups -OCH3 is 1. The fraction of sp³-hybridized carbons (Fsp3) is 0.462. The molecule has 0 aliphatic carbocycles. The molecular formula is C13H17N3O6. The monoisotopic (exact) mass is 311 g/mol. The Bertz CT molecular complexity index is 561. The summed E-state index contributed by atoms with van der Waals surface area (Å²) in [6.45, 7) is 0.472. The zero-order valence-electron chi connectivity index (χ0n) is 12.1. The van der Waals surface area contributed by atoms with E-state index in [0.29, 0.717) is 25.8 Å². The first-order chi connectivity index (χ1) is 10.5. The summed E-state index contributed by atoms with van der Waals surface area (Å²) < 4.78 is 4.51. The molecule has 120 valence electrons.